The minimum absolute atomic E-state index is 0.244. The predicted octanol–water partition coefficient (Wildman–Crippen LogP) is 4.56. The van der Waals surface area contributed by atoms with E-state index in [0.29, 0.717) is 28.9 Å². The molecule has 0 radical (unpaired) electrons. The first kappa shape index (κ1) is 21.7. The number of halogens is 1. The molecule has 9 heteroatoms. The van der Waals surface area contributed by atoms with Crippen LogP contribution >= 0.6 is 0 Å². The lowest BCUT2D eigenvalue weighted by Crippen LogP contribution is -2.49. The first-order valence-corrected chi connectivity index (χ1v) is 11.2. The Labute approximate surface area is 196 Å². The van der Waals surface area contributed by atoms with Gasteiger partial charge in [0, 0.05) is 53.8 Å². The van der Waals surface area contributed by atoms with Crippen LogP contribution in [0.1, 0.15) is 18.2 Å². The molecule has 0 unspecified atom stereocenters. The third-order valence-electron chi connectivity index (χ3n) is 5.90. The van der Waals surface area contributed by atoms with E-state index in [1.165, 1.54) is 12.4 Å². The van der Waals surface area contributed by atoms with Crippen LogP contribution in [-0.4, -0.2) is 40.6 Å². The van der Waals surface area contributed by atoms with E-state index in [9.17, 15) is 9.65 Å². The highest BCUT2D eigenvalue weighted by Gasteiger charge is 2.17. The molecule has 1 aliphatic rings. The zero-order valence-corrected chi connectivity index (χ0v) is 19.0. The van der Waals surface area contributed by atoms with E-state index < -0.39 is 0 Å². The molecule has 0 saturated carbocycles. The van der Waals surface area contributed by atoms with Crippen molar-refractivity contribution in [1.82, 2.24) is 20.3 Å². The van der Waals surface area contributed by atoms with Crippen LogP contribution in [-0.2, 0) is 0 Å². The van der Waals surface area contributed by atoms with Crippen LogP contribution in [0, 0.1) is 24.1 Å². The summed E-state index contributed by atoms with van der Waals surface area (Å²) in [6.45, 7) is 6.94. The van der Waals surface area contributed by atoms with Crippen molar-refractivity contribution in [3.8, 4) is 6.07 Å². The summed E-state index contributed by atoms with van der Waals surface area (Å²) in [6.07, 6.45) is 1.37. The van der Waals surface area contributed by atoms with Gasteiger partial charge in [-0.15, -0.1) is 0 Å². The Hall–Kier alpha value is -4.16. The molecule has 1 atom stereocenters. The Balaban J connectivity index is 1.37. The van der Waals surface area contributed by atoms with Crippen molar-refractivity contribution in [2.45, 2.75) is 19.9 Å². The van der Waals surface area contributed by atoms with Gasteiger partial charge in [-0.1, -0.05) is 0 Å². The third kappa shape index (κ3) is 4.36. The molecule has 0 aliphatic carbocycles. The molecule has 2 aromatic carbocycles. The van der Waals surface area contributed by atoms with E-state index in [1.807, 2.05) is 31.2 Å². The van der Waals surface area contributed by atoms with Gasteiger partial charge in [-0.05, 0) is 56.3 Å². The molecule has 0 amide bonds. The number of H-pyrrole nitrogens is 1. The van der Waals surface area contributed by atoms with Crippen LogP contribution in [0.2, 0.25) is 0 Å². The van der Waals surface area contributed by atoms with Crippen molar-refractivity contribution >= 4 is 39.6 Å². The van der Waals surface area contributed by atoms with Crippen molar-refractivity contribution < 1.29 is 4.39 Å². The van der Waals surface area contributed by atoms with E-state index in [-0.39, 0.29) is 11.4 Å². The van der Waals surface area contributed by atoms with Gasteiger partial charge < -0.3 is 25.8 Å². The van der Waals surface area contributed by atoms with Crippen LogP contribution in [0.15, 0.2) is 48.8 Å². The van der Waals surface area contributed by atoms with Crippen molar-refractivity contribution in [3.05, 3.63) is 65.9 Å². The second-order valence-corrected chi connectivity index (χ2v) is 8.53. The van der Waals surface area contributed by atoms with Crippen molar-refractivity contribution in [3.63, 3.8) is 0 Å². The number of fused-ring (bicyclic) bond motifs is 1. The molecule has 34 heavy (non-hydrogen) atoms. The second kappa shape index (κ2) is 9.00. The fourth-order valence-corrected chi connectivity index (χ4v) is 4.29. The van der Waals surface area contributed by atoms with E-state index in [0.717, 1.165) is 42.1 Å². The number of piperazine rings is 1. The van der Waals surface area contributed by atoms with Gasteiger partial charge in [0.25, 0.3) is 0 Å². The highest BCUT2D eigenvalue weighted by atomic mass is 19.1. The molecule has 2 aromatic heterocycles. The van der Waals surface area contributed by atoms with E-state index in [4.69, 9.17) is 0 Å². The Morgan fingerprint density at radius 3 is 2.53 bits per heavy atom. The number of aromatic amines is 1. The molecule has 0 bridgehead atoms. The fourth-order valence-electron chi connectivity index (χ4n) is 4.29. The summed E-state index contributed by atoms with van der Waals surface area (Å²) >= 11 is 0. The Bertz CT molecular complexity index is 1370. The maximum atomic E-state index is 14.5. The van der Waals surface area contributed by atoms with Gasteiger partial charge >= 0.3 is 0 Å². The average Bonchev–Trinajstić information content (AvgIpc) is 3.20. The first-order valence-electron chi connectivity index (χ1n) is 11.2. The number of nitrogens with one attached hydrogen (secondary N) is 4. The normalized spacial score (nSPS) is 15.8. The molecule has 4 N–H and O–H groups in total. The quantitative estimate of drug-likeness (QED) is 0.349. The molecule has 4 aromatic rings. The maximum Gasteiger partial charge on any atom is 0.154 e. The number of aromatic nitrogens is 3. The monoisotopic (exact) mass is 456 g/mol. The minimum atomic E-state index is -0.377. The number of anilines is 5. The van der Waals surface area contributed by atoms with Crippen molar-refractivity contribution in [2.75, 3.05) is 35.2 Å². The summed E-state index contributed by atoms with van der Waals surface area (Å²) in [6, 6.07) is 15.7. The second-order valence-electron chi connectivity index (χ2n) is 8.53. The summed E-state index contributed by atoms with van der Waals surface area (Å²) in [5.74, 6) is 0.304. The lowest BCUT2D eigenvalue weighted by atomic mass is 10.2. The predicted molar refractivity (Wildman–Crippen MR) is 132 cm³/mol. The summed E-state index contributed by atoms with van der Waals surface area (Å²) < 4.78 is 14.5. The summed E-state index contributed by atoms with van der Waals surface area (Å²) in [7, 11) is 0. The molecule has 0 spiro atoms. The van der Waals surface area contributed by atoms with Crippen molar-refractivity contribution in [2.24, 2.45) is 0 Å². The van der Waals surface area contributed by atoms with E-state index in [1.54, 1.807) is 0 Å². The lowest BCUT2D eigenvalue weighted by molar-refractivity contribution is 0.485. The number of rotatable bonds is 5. The largest absolute Gasteiger partial charge is 0.369 e. The van der Waals surface area contributed by atoms with Gasteiger partial charge in [0.2, 0.25) is 0 Å². The van der Waals surface area contributed by atoms with Crippen LogP contribution < -0.4 is 20.9 Å². The Kier molecular flexibility index (Phi) is 5.74. The molecular formula is C25H25FN8. The number of nitriles is 1. The molecule has 1 saturated heterocycles. The van der Waals surface area contributed by atoms with E-state index in [2.05, 4.69) is 60.9 Å². The van der Waals surface area contributed by atoms with Crippen LogP contribution in [0.5, 0.6) is 0 Å². The Morgan fingerprint density at radius 2 is 1.82 bits per heavy atom. The average molecular weight is 457 g/mol. The van der Waals surface area contributed by atoms with Gasteiger partial charge in [0.05, 0.1) is 5.52 Å². The highest BCUT2D eigenvalue weighted by molar-refractivity contribution is 5.86. The van der Waals surface area contributed by atoms with Crippen molar-refractivity contribution in [1.29, 1.82) is 5.26 Å². The zero-order chi connectivity index (χ0) is 23.7. The maximum absolute atomic E-state index is 14.5. The van der Waals surface area contributed by atoms with Crippen LogP contribution in [0.3, 0.4) is 0 Å². The highest BCUT2D eigenvalue weighted by Crippen LogP contribution is 2.29. The van der Waals surface area contributed by atoms with Gasteiger partial charge in [0.15, 0.2) is 11.6 Å². The summed E-state index contributed by atoms with van der Waals surface area (Å²) in [4.78, 5) is 13.8. The lowest BCUT2D eigenvalue weighted by Gasteiger charge is -2.33. The third-order valence-corrected chi connectivity index (χ3v) is 5.90. The Morgan fingerprint density at radius 1 is 1.09 bits per heavy atom. The number of benzene rings is 2. The van der Waals surface area contributed by atoms with Crippen LogP contribution in [0.4, 0.5) is 33.1 Å². The van der Waals surface area contributed by atoms with Crippen LogP contribution in [0.25, 0.3) is 10.9 Å². The first-order chi connectivity index (χ1) is 16.5. The van der Waals surface area contributed by atoms with Gasteiger partial charge in [-0.25, -0.2) is 14.4 Å². The summed E-state index contributed by atoms with van der Waals surface area (Å²) in [5.41, 5.74) is 4.03. The number of hydrogen-bond donors (Lipinski definition) is 4. The fraction of sp³-hybridized carbons (Fsp3) is 0.240. The molecular weight excluding hydrogens is 431 g/mol. The van der Waals surface area contributed by atoms with Gasteiger partial charge in [-0.2, -0.15) is 5.26 Å². The molecule has 5 rings (SSSR count). The smallest absolute Gasteiger partial charge is 0.154 e. The minimum Gasteiger partial charge on any atom is -0.369 e. The molecule has 8 nitrogen and oxygen atoms in total. The standard InChI is InChI=1S/C25H25FN8/c1-15-9-17-10-19(11-22(26)23(17)31-15)33-25-21(12-27)24(29-14-30-25)32-18-3-5-20(6-4-18)34-8-7-28-16(2)13-34/h3-6,9-11,14,16,28,31H,7-8,13H2,1-2H3,(H2,29,30,32,33)/t16-/m0/s1. The molecule has 1 fully saturated rings. The molecule has 1 aliphatic heterocycles. The van der Waals surface area contributed by atoms with Gasteiger partial charge in [-0.3, -0.25) is 0 Å². The van der Waals surface area contributed by atoms with E-state index >= 15 is 0 Å². The molecule has 3 heterocycles. The number of aryl methyl sites for hydroxylation is 1. The summed E-state index contributed by atoms with van der Waals surface area (Å²) in [5, 5.41) is 20.3. The molecule has 172 valence electrons. The number of hydrogen-bond acceptors (Lipinski definition) is 7. The van der Waals surface area contributed by atoms with Gasteiger partial charge in [0.1, 0.15) is 23.8 Å². The number of nitrogens with zero attached hydrogens (tertiary/aromatic N) is 4. The topological polar surface area (TPSA) is 105 Å². The SMILES string of the molecule is Cc1cc2cc(Nc3ncnc(Nc4ccc(N5CCN[C@@H](C)C5)cc4)c3C#N)cc(F)c2[nH]1. The zero-order valence-electron chi connectivity index (χ0n) is 19.0.